The van der Waals surface area contributed by atoms with Crippen molar-refractivity contribution in [2.75, 3.05) is 0 Å². The zero-order chi connectivity index (χ0) is 21.0. The first-order valence-electron chi connectivity index (χ1n) is 10.5. The van der Waals surface area contributed by atoms with Gasteiger partial charge in [-0.2, -0.15) is 0 Å². The van der Waals surface area contributed by atoms with Crippen LogP contribution in [-0.4, -0.2) is 11.7 Å². The van der Waals surface area contributed by atoms with Crippen molar-refractivity contribution in [1.82, 2.24) is 5.32 Å². The number of aliphatic imine (C=N–C) groups is 2. The van der Waals surface area contributed by atoms with Crippen LogP contribution in [0.5, 0.6) is 0 Å². The van der Waals surface area contributed by atoms with Gasteiger partial charge < -0.3 is 5.32 Å². The molecule has 4 aromatic rings. The lowest BCUT2D eigenvalue weighted by Crippen LogP contribution is -2.36. The van der Waals surface area contributed by atoms with Gasteiger partial charge in [-0.3, -0.25) is 0 Å². The minimum Gasteiger partial charge on any atom is -0.324 e. The van der Waals surface area contributed by atoms with Gasteiger partial charge in [0.1, 0.15) is 11.7 Å². The summed E-state index contributed by atoms with van der Waals surface area (Å²) in [6.45, 7) is 2.10. The molecule has 0 radical (unpaired) electrons. The maximum atomic E-state index is 4.97. The van der Waals surface area contributed by atoms with Crippen LogP contribution in [0.25, 0.3) is 11.1 Å². The van der Waals surface area contributed by atoms with Crippen LogP contribution in [-0.2, 0) is 0 Å². The molecule has 4 aromatic carbocycles. The Morgan fingerprint density at radius 3 is 1.77 bits per heavy atom. The van der Waals surface area contributed by atoms with Gasteiger partial charge in [0.2, 0.25) is 0 Å². The predicted molar refractivity (Wildman–Crippen MR) is 128 cm³/mol. The van der Waals surface area contributed by atoms with Gasteiger partial charge in [0.25, 0.3) is 0 Å². The average Bonchev–Trinajstić information content (AvgIpc) is 2.85. The van der Waals surface area contributed by atoms with Crippen LogP contribution in [0.1, 0.15) is 28.4 Å². The second kappa shape index (κ2) is 8.41. The third kappa shape index (κ3) is 4.17. The van der Waals surface area contributed by atoms with Crippen molar-refractivity contribution in [2.45, 2.75) is 13.1 Å². The van der Waals surface area contributed by atoms with Gasteiger partial charge in [-0.1, -0.05) is 103 Å². The number of hydrogen-bond acceptors (Lipinski definition) is 3. The van der Waals surface area contributed by atoms with Crippen LogP contribution in [0.15, 0.2) is 119 Å². The van der Waals surface area contributed by atoms with E-state index >= 15 is 0 Å². The van der Waals surface area contributed by atoms with Crippen molar-refractivity contribution in [3.05, 3.63) is 131 Å². The van der Waals surface area contributed by atoms with Crippen molar-refractivity contribution in [2.24, 2.45) is 9.98 Å². The summed E-state index contributed by atoms with van der Waals surface area (Å²) in [6.07, 6.45) is -0.284. The lowest BCUT2D eigenvalue weighted by atomic mass is 10.0. The number of rotatable bonds is 4. The summed E-state index contributed by atoms with van der Waals surface area (Å²) in [5.74, 6) is 1.67. The SMILES string of the molecule is Cc1cccc(C2=NC(c3ccccc3)N=C(c3cccc(-c4ccccc4)c3)N2)c1. The van der Waals surface area contributed by atoms with Crippen molar-refractivity contribution in [1.29, 1.82) is 0 Å². The zero-order valence-corrected chi connectivity index (χ0v) is 17.4. The Kier molecular flexibility index (Phi) is 5.16. The first-order valence-corrected chi connectivity index (χ1v) is 10.5. The average molecular weight is 402 g/mol. The molecule has 0 aromatic heterocycles. The summed E-state index contributed by atoms with van der Waals surface area (Å²) in [5, 5.41) is 3.49. The fourth-order valence-electron chi connectivity index (χ4n) is 3.79. The van der Waals surface area contributed by atoms with E-state index in [9.17, 15) is 0 Å². The molecule has 0 amide bonds. The van der Waals surface area contributed by atoms with Crippen LogP contribution >= 0.6 is 0 Å². The lowest BCUT2D eigenvalue weighted by molar-refractivity contribution is 0.756. The maximum absolute atomic E-state index is 4.97. The topological polar surface area (TPSA) is 36.8 Å². The summed E-state index contributed by atoms with van der Waals surface area (Å²) in [6, 6.07) is 37.5. The van der Waals surface area contributed by atoms with Crippen molar-refractivity contribution < 1.29 is 0 Å². The molecular formula is C28H23N3. The third-order valence-electron chi connectivity index (χ3n) is 5.37. The highest BCUT2D eigenvalue weighted by Crippen LogP contribution is 2.26. The fraction of sp³-hybridized carbons (Fsp3) is 0.0714. The molecule has 1 unspecified atom stereocenters. The van der Waals surface area contributed by atoms with E-state index in [0.717, 1.165) is 28.4 Å². The lowest BCUT2D eigenvalue weighted by Gasteiger charge is -2.22. The molecule has 1 aliphatic rings. The Morgan fingerprint density at radius 1 is 0.548 bits per heavy atom. The van der Waals surface area contributed by atoms with E-state index in [0.29, 0.717) is 0 Å². The van der Waals surface area contributed by atoms with E-state index in [1.807, 2.05) is 24.3 Å². The molecule has 3 heteroatoms. The highest BCUT2D eigenvalue weighted by molar-refractivity contribution is 6.16. The van der Waals surface area contributed by atoms with E-state index in [1.54, 1.807) is 0 Å². The molecule has 0 fully saturated rings. The second-order valence-corrected chi connectivity index (χ2v) is 7.68. The molecule has 1 aliphatic heterocycles. The monoisotopic (exact) mass is 401 g/mol. The summed E-state index contributed by atoms with van der Waals surface area (Å²) in [7, 11) is 0. The standard InChI is InChI=1S/C28H23N3/c1-20-10-8-16-24(18-20)27-29-26(22-13-6-3-7-14-22)30-28(31-27)25-17-9-15-23(19-25)21-11-4-2-5-12-21/h2-19,26H,1H3,(H,29,30,31). The summed E-state index contributed by atoms with van der Waals surface area (Å²) < 4.78 is 0. The van der Waals surface area contributed by atoms with E-state index in [1.165, 1.54) is 16.7 Å². The Labute approximate surface area is 182 Å². The molecule has 0 saturated carbocycles. The molecule has 0 saturated heterocycles. The molecule has 1 N–H and O–H groups in total. The third-order valence-corrected chi connectivity index (χ3v) is 5.37. The van der Waals surface area contributed by atoms with Gasteiger partial charge in [-0.25, -0.2) is 9.98 Å². The molecule has 31 heavy (non-hydrogen) atoms. The van der Waals surface area contributed by atoms with Crippen LogP contribution < -0.4 is 5.32 Å². The largest absolute Gasteiger partial charge is 0.324 e. The van der Waals surface area contributed by atoms with Gasteiger partial charge in [-0.05, 0) is 35.7 Å². The minimum absolute atomic E-state index is 0.284. The smallest absolute Gasteiger partial charge is 0.169 e. The summed E-state index contributed by atoms with van der Waals surface area (Å²) in [5.41, 5.74) is 6.74. The van der Waals surface area contributed by atoms with Gasteiger partial charge in [0.05, 0.1) is 0 Å². The fourth-order valence-corrected chi connectivity index (χ4v) is 3.79. The van der Waals surface area contributed by atoms with Crippen LogP contribution in [0, 0.1) is 6.92 Å². The van der Waals surface area contributed by atoms with E-state index in [4.69, 9.17) is 9.98 Å². The number of nitrogens with zero attached hydrogens (tertiary/aromatic N) is 2. The normalized spacial score (nSPS) is 15.6. The molecular weight excluding hydrogens is 378 g/mol. The van der Waals surface area contributed by atoms with Gasteiger partial charge in [0, 0.05) is 11.1 Å². The Morgan fingerprint density at radius 2 is 1.10 bits per heavy atom. The number of benzene rings is 4. The molecule has 5 rings (SSSR count). The Balaban J connectivity index is 1.57. The molecule has 0 bridgehead atoms. The first-order chi connectivity index (χ1) is 15.3. The maximum Gasteiger partial charge on any atom is 0.169 e. The number of amidine groups is 2. The molecule has 3 nitrogen and oxygen atoms in total. The summed E-state index contributed by atoms with van der Waals surface area (Å²) in [4.78, 5) is 9.91. The number of nitrogens with one attached hydrogen (secondary N) is 1. The van der Waals surface area contributed by atoms with Gasteiger partial charge >= 0.3 is 0 Å². The molecule has 1 heterocycles. The second-order valence-electron chi connectivity index (χ2n) is 7.68. The van der Waals surface area contributed by atoms with E-state index < -0.39 is 0 Å². The van der Waals surface area contributed by atoms with Crippen molar-refractivity contribution >= 4 is 11.7 Å². The van der Waals surface area contributed by atoms with Crippen molar-refractivity contribution in [3.8, 4) is 11.1 Å². The predicted octanol–water partition coefficient (Wildman–Crippen LogP) is 6.16. The van der Waals surface area contributed by atoms with Crippen LogP contribution in [0.3, 0.4) is 0 Å². The minimum atomic E-state index is -0.284. The molecule has 150 valence electrons. The van der Waals surface area contributed by atoms with Crippen LogP contribution in [0.4, 0.5) is 0 Å². The van der Waals surface area contributed by atoms with Crippen LogP contribution in [0.2, 0.25) is 0 Å². The zero-order valence-electron chi connectivity index (χ0n) is 17.4. The summed E-state index contributed by atoms with van der Waals surface area (Å²) >= 11 is 0. The van der Waals surface area contributed by atoms with Gasteiger partial charge in [0.15, 0.2) is 6.17 Å². The highest BCUT2D eigenvalue weighted by Gasteiger charge is 2.20. The molecule has 0 aliphatic carbocycles. The molecule has 1 atom stereocenters. The van der Waals surface area contributed by atoms with E-state index in [2.05, 4.69) is 97.2 Å². The quantitative estimate of drug-likeness (QED) is 0.437. The molecule has 0 spiro atoms. The number of aryl methyl sites for hydroxylation is 1. The first kappa shape index (κ1) is 19.0. The Hall–Kier alpha value is -3.98. The van der Waals surface area contributed by atoms with Gasteiger partial charge in [-0.15, -0.1) is 0 Å². The van der Waals surface area contributed by atoms with E-state index in [-0.39, 0.29) is 6.17 Å². The Bertz CT molecular complexity index is 1260. The van der Waals surface area contributed by atoms with Crippen molar-refractivity contribution in [3.63, 3.8) is 0 Å². The number of hydrogen-bond donors (Lipinski definition) is 1. The highest BCUT2D eigenvalue weighted by atomic mass is 15.2.